The SMILES string of the molecule is CCCCCCCCCCCC[CH2][SbH2]. The molecule has 0 aliphatic carbocycles. The van der Waals surface area contributed by atoms with Crippen LogP contribution in [-0.2, 0) is 0 Å². The summed E-state index contributed by atoms with van der Waals surface area (Å²) in [7, 11) is 0. The summed E-state index contributed by atoms with van der Waals surface area (Å²) in [6.07, 6.45) is 16.2. The zero-order chi connectivity index (χ0) is 10.5. The number of hydrogen-bond donors (Lipinski definition) is 0. The van der Waals surface area contributed by atoms with Crippen molar-refractivity contribution in [2.24, 2.45) is 0 Å². The summed E-state index contributed by atoms with van der Waals surface area (Å²) in [5.41, 5.74) is 0. The third-order valence-electron chi connectivity index (χ3n) is 2.81. The fraction of sp³-hybridized carbons (Fsp3) is 1.00. The molecule has 0 heterocycles. The molecule has 0 atom stereocenters. The summed E-state index contributed by atoms with van der Waals surface area (Å²) in [6, 6.07) is 0. The molecule has 0 nitrogen and oxygen atoms in total. The molecule has 0 unspecified atom stereocenters. The van der Waals surface area contributed by atoms with Crippen LogP contribution in [-0.4, -0.2) is 23.0 Å². The summed E-state index contributed by atoms with van der Waals surface area (Å²) < 4.78 is 1.50. The molecule has 0 aliphatic heterocycles. The van der Waals surface area contributed by atoms with E-state index in [1.807, 2.05) is 0 Å². The van der Waals surface area contributed by atoms with Crippen LogP contribution in [0.2, 0.25) is 4.37 Å². The van der Waals surface area contributed by atoms with Crippen LogP contribution in [0.1, 0.15) is 77.6 Å². The Labute approximate surface area is 105 Å². The average Bonchev–Trinajstić information content (AvgIpc) is 2.21. The van der Waals surface area contributed by atoms with E-state index >= 15 is 0 Å². The molecule has 0 aromatic heterocycles. The van der Waals surface area contributed by atoms with E-state index in [0.29, 0.717) is 0 Å². The molecule has 0 spiro atoms. The Kier molecular flexibility index (Phi) is 14.6. The first-order valence-electron chi connectivity index (χ1n) is 6.62. The number of hydrogen-bond acceptors (Lipinski definition) is 0. The van der Waals surface area contributed by atoms with E-state index in [2.05, 4.69) is 6.92 Å². The molecule has 0 fully saturated rings. The van der Waals surface area contributed by atoms with Crippen molar-refractivity contribution in [3.8, 4) is 0 Å². The van der Waals surface area contributed by atoms with E-state index in [-0.39, 0.29) is 0 Å². The molecule has 0 N–H and O–H groups in total. The molecule has 14 heavy (non-hydrogen) atoms. The Morgan fingerprint density at radius 2 is 0.929 bits per heavy atom. The molecule has 86 valence electrons. The van der Waals surface area contributed by atoms with Gasteiger partial charge in [-0.05, 0) is 0 Å². The van der Waals surface area contributed by atoms with Gasteiger partial charge in [-0.1, -0.05) is 6.92 Å². The van der Waals surface area contributed by atoms with Crippen molar-refractivity contribution in [1.82, 2.24) is 0 Å². The normalized spacial score (nSPS) is 10.7. The van der Waals surface area contributed by atoms with Gasteiger partial charge in [0.25, 0.3) is 0 Å². The van der Waals surface area contributed by atoms with Crippen LogP contribution in [0.3, 0.4) is 0 Å². The summed E-state index contributed by atoms with van der Waals surface area (Å²) in [4.78, 5) is 0. The Morgan fingerprint density at radius 3 is 1.29 bits per heavy atom. The zero-order valence-electron chi connectivity index (χ0n) is 10.1. The third-order valence-corrected chi connectivity index (χ3v) is 3.97. The van der Waals surface area contributed by atoms with Crippen LogP contribution in [0, 0.1) is 0 Å². The molecule has 0 aromatic carbocycles. The van der Waals surface area contributed by atoms with E-state index in [0.717, 1.165) is 0 Å². The summed E-state index contributed by atoms with van der Waals surface area (Å²) in [5, 5.41) is 0. The van der Waals surface area contributed by atoms with Gasteiger partial charge in [-0.2, -0.15) is 0 Å². The van der Waals surface area contributed by atoms with Crippen molar-refractivity contribution in [1.29, 1.82) is 0 Å². The van der Waals surface area contributed by atoms with Crippen molar-refractivity contribution in [2.75, 3.05) is 0 Å². The second-order valence-corrected chi connectivity index (χ2v) is 5.97. The maximum absolute atomic E-state index is 2.29. The minimum atomic E-state index is 1.38. The second kappa shape index (κ2) is 13.8. The summed E-state index contributed by atoms with van der Waals surface area (Å²) >= 11 is 1.47. The fourth-order valence-corrected chi connectivity index (χ4v) is 2.63. The quantitative estimate of drug-likeness (QED) is 0.393. The van der Waals surface area contributed by atoms with Crippen LogP contribution in [0.4, 0.5) is 0 Å². The van der Waals surface area contributed by atoms with Gasteiger partial charge in [-0.15, -0.1) is 0 Å². The van der Waals surface area contributed by atoms with Crippen molar-refractivity contribution in [3.05, 3.63) is 0 Å². The van der Waals surface area contributed by atoms with Crippen LogP contribution in [0.5, 0.6) is 0 Å². The van der Waals surface area contributed by atoms with Gasteiger partial charge in [-0.3, -0.25) is 0 Å². The molecular weight excluding hydrogens is 278 g/mol. The van der Waals surface area contributed by atoms with Crippen molar-refractivity contribution in [3.63, 3.8) is 0 Å². The van der Waals surface area contributed by atoms with E-state index in [4.69, 9.17) is 0 Å². The average molecular weight is 307 g/mol. The van der Waals surface area contributed by atoms with Crippen molar-refractivity contribution in [2.45, 2.75) is 81.9 Å². The molecule has 0 radical (unpaired) electrons. The molecule has 1 heteroatoms. The monoisotopic (exact) mass is 306 g/mol. The first-order valence-corrected chi connectivity index (χ1v) is 8.95. The van der Waals surface area contributed by atoms with Gasteiger partial charge in [0.1, 0.15) is 0 Å². The predicted octanol–water partition coefficient (Wildman–Crippen LogP) is 4.35. The van der Waals surface area contributed by atoms with Crippen molar-refractivity contribution >= 4 is 23.0 Å². The first kappa shape index (κ1) is 14.8. The van der Waals surface area contributed by atoms with E-state index in [9.17, 15) is 0 Å². The second-order valence-electron chi connectivity index (χ2n) is 4.32. The Balaban J connectivity index is 2.78. The van der Waals surface area contributed by atoms with Gasteiger partial charge in [0, 0.05) is 0 Å². The molecular formula is C13H29Sb. The van der Waals surface area contributed by atoms with Gasteiger partial charge in [0.05, 0.1) is 0 Å². The molecule has 0 aliphatic rings. The summed E-state index contributed by atoms with van der Waals surface area (Å²) in [6.45, 7) is 2.29. The van der Waals surface area contributed by atoms with Gasteiger partial charge in [0.2, 0.25) is 0 Å². The Bertz CT molecular complexity index is 79.2. The van der Waals surface area contributed by atoms with Gasteiger partial charge < -0.3 is 0 Å². The Hall–Kier alpha value is 0.818. The molecule has 0 rings (SSSR count). The minimum absolute atomic E-state index is 1.38. The van der Waals surface area contributed by atoms with Gasteiger partial charge in [0.15, 0.2) is 0 Å². The summed E-state index contributed by atoms with van der Waals surface area (Å²) in [5.74, 6) is 0. The fourth-order valence-electron chi connectivity index (χ4n) is 1.81. The van der Waals surface area contributed by atoms with E-state index < -0.39 is 0 Å². The predicted molar refractivity (Wildman–Crippen MR) is 69.8 cm³/mol. The molecule has 0 amide bonds. The topological polar surface area (TPSA) is 0 Å². The number of unbranched alkanes of at least 4 members (excludes halogenated alkanes) is 10. The number of rotatable bonds is 11. The molecule has 0 aromatic rings. The van der Waals surface area contributed by atoms with E-state index in [1.54, 1.807) is 0 Å². The van der Waals surface area contributed by atoms with Crippen molar-refractivity contribution < 1.29 is 0 Å². The van der Waals surface area contributed by atoms with Gasteiger partial charge >= 0.3 is 98.0 Å². The van der Waals surface area contributed by atoms with Crippen LogP contribution >= 0.6 is 0 Å². The molecule has 0 saturated heterocycles. The van der Waals surface area contributed by atoms with Crippen LogP contribution < -0.4 is 0 Å². The molecule has 0 saturated carbocycles. The zero-order valence-corrected chi connectivity index (χ0v) is 13.4. The molecule has 0 bridgehead atoms. The van der Waals surface area contributed by atoms with Gasteiger partial charge in [-0.25, -0.2) is 0 Å². The van der Waals surface area contributed by atoms with Crippen LogP contribution in [0.25, 0.3) is 0 Å². The van der Waals surface area contributed by atoms with E-state index in [1.165, 1.54) is 98.0 Å². The standard InChI is InChI=1S/C13H27.Sb.2H/c1-3-5-7-9-11-13-12-10-8-6-4-2;;;/h1,3-13H2,2H3;;;. The van der Waals surface area contributed by atoms with Crippen LogP contribution in [0.15, 0.2) is 0 Å². The third kappa shape index (κ3) is 12.8. The maximum atomic E-state index is 2.29. The first-order chi connectivity index (χ1) is 6.91. The Morgan fingerprint density at radius 1 is 0.571 bits per heavy atom.